The van der Waals surface area contributed by atoms with Crippen molar-refractivity contribution in [3.05, 3.63) is 32.7 Å². The summed E-state index contributed by atoms with van der Waals surface area (Å²) in [5, 5.41) is 3.84. The monoisotopic (exact) mass is 386 g/mol. The molecule has 2 fully saturated rings. The second kappa shape index (κ2) is 5.84. The third-order valence-electron chi connectivity index (χ3n) is 4.50. The van der Waals surface area contributed by atoms with Crippen LogP contribution >= 0.6 is 31.9 Å². The lowest BCUT2D eigenvalue weighted by Gasteiger charge is -2.26. The van der Waals surface area contributed by atoms with Crippen LogP contribution in [0.5, 0.6) is 0 Å². The fourth-order valence-electron chi connectivity index (χ4n) is 3.54. The zero-order valence-corrected chi connectivity index (χ0v) is 14.4. The minimum atomic E-state index is 0.396. The van der Waals surface area contributed by atoms with Crippen LogP contribution in [0.2, 0.25) is 0 Å². The highest BCUT2D eigenvalue weighted by Gasteiger charge is 2.37. The van der Waals surface area contributed by atoms with Gasteiger partial charge in [0.05, 0.1) is 0 Å². The van der Waals surface area contributed by atoms with E-state index in [1.807, 2.05) is 0 Å². The van der Waals surface area contributed by atoms with Crippen LogP contribution in [-0.4, -0.2) is 30.1 Å². The van der Waals surface area contributed by atoms with E-state index in [1.54, 1.807) is 0 Å². The van der Waals surface area contributed by atoms with Gasteiger partial charge in [0.1, 0.15) is 0 Å². The van der Waals surface area contributed by atoms with E-state index in [0.29, 0.717) is 12.1 Å². The quantitative estimate of drug-likeness (QED) is 0.839. The molecule has 3 rings (SSSR count). The molecule has 0 radical (unpaired) electrons. The fraction of sp³-hybridized carbons (Fsp3) is 0.600. The summed E-state index contributed by atoms with van der Waals surface area (Å²) >= 11 is 7.19. The van der Waals surface area contributed by atoms with E-state index < -0.39 is 0 Å². The second-order valence-corrected chi connectivity index (χ2v) is 7.46. The lowest BCUT2D eigenvalue weighted by Crippen LogP contribution is -2.40. The predicted molar refractivity (Wildman–Crippen MR) is 86.4 cm³/mol. The number of hydrogen-bond donors (Lipinski definition) is 1. The van der Waals surface area contributed by atoms with Crippen LogP contribution in [0.4, 0.5) is 0 Å². The number of nitrogens with zero attached hydrogens (tertiary/aromatic N) is 1. The number of hydrogen-bond acceptors (Lipinski definition) is 2. The van der Waals surface area contributed by atoms with Gasteiger partial charge in [0, 0.05) is 33.6 Å². The molecule has 2 aliphatic heterocycles. The Labute approximate surface area is 132 Å². The van der Waals surface area contributed by atoms with E-state index in [2.05, 4.69) is 67.2 Å². The van der Waals surface area contributed by atoms with Crippen molar-refractivity contribution in [2.24, 2.45) is 0 Å². The third kappa shape index (κ3) is 2.92. The van der Waals surface area contributed by atoms with Gasteiger partial charge >= 0.3 is 0 Å². The molecule has 19 heavy (non-hydrogen) atoms. The van der Waals surface area contributed by atoms with Gasteiger partial charge < -0.3 is 5.32 Å². The number of nitrogens with one attached hydrogen (secondary N) is 1. The first kappa shape index (κ1) is 14.1. The average Bonchev–Trinajstić information content (AvgIpc) is 2.94. The Hall–Kier alpha value is 0.1000. The number of fused-ring (bicyclic) bond motifs is 1. The molecule has 0 amide bonds. The van der Waals surface area contributed by atoms with E-state index in [9.17, 15) is 0 Å². The van der Waals surface area contributed by atoms with Crippen molar-refractivity contribution in [1.82, 2.24) is 10.2 Å². The molecule has 1 aromatic carbocycles. The Morgan fingerprint density at radius 1 is 1.26 bits per heavy atom. The Morgan fingerprint density at radius 3 is 2.89 bits per heavy atom. The Bertz CT molecular complexity index is 463. The van der Waals surface area contributed by atoms with Crippen molar-refractivity contribution >= 4 is 31.9 Å². The van der Waals surface area contributed by atoms with Crippen molar-refractivity contribution in [1.29, 1.82) is 0 Å². The van der Waals surface area contributed by atoms with Crippen LogP contribution in [-0.2, 0) is 0 Å². The highest BCUT2D eigenvalue weighted by Crippen LogP contribution is 2.31. The molecule has 0 aromatic heterocycles. The molecule has 0 bridgehead atoms. The third-order valence-corrected chi connectivity index (χ3v) is 5.68. The molecular formula is C15H20Br2N2. The summed E-state index contributed by atoms with van der Waals surface area (Å²) in [7, 11) is 0. The van der Waals surface area contributed by atoms with E-state index in [0.717, 1.165) is 10.5 Å². The molecule has 0 aliphatic carbocycles. The SMILES string of the molecule is CC(NC1CCN2CCCC12)c1ccc(Br)cc1Br. The zero-order valence-electron chi connectivity index (χ0n) is 11.2. The van der Waals surface area contributed by atoms with Gasteiger partial charge in [-0.25, -0.2) is 0 Å². The molecule has 2 aliphatic rings. The summed E-state index contributed by atoms with van der Waals surface area (Å²) in [6.07, 6.45) is 4.04. The van der Waals surface area contributed by atoms with Crippen LogP contribution in [0.1, 0.15) is 37.8 Å². The standard InChI is InChI=1S/C15H20Br2N2/c1-10(12-5-4-11(16)9-13(12)17)18-14-6-8-19-7-2-3-15(14)19/h4-5,9-10,14-15,18H,2-3,6-8H2,1H3. The molecule has 104 valence electrons. The highest BCUT2D eigenvalue weighted by molar-refractivity contribution is 9.11. The van der Waals surface area contributed by atoms with Gasteiger partial charge in [-0.1, -0.05) is 37.9 Å². The number of rotatable bonds is 3. The topological polar surface area (TPSA) is 15.3 Å². The summed E-state index contributed by atoms with van der Waals surface area (Å²) in [6.45, 7) is 4.85. The first-order valence-electron chi connectivity index (χ1n) is 7.10. The number of benzene rings is 1. The van der Waals surface area contributed by atoms with Gasteiger partial charge in [-0.15, -0.1) is 0 Å². The van der Waals surface area contributed by atoms with E-state index in [-0.39, 0.29) is 0 Å². The smallest absolute Gasteiger partial charge is 0.0306 e. The maximum Gasteiger partial charge on any atom is 0.0306 e. The molecule has 0 spiro atoms. The first-order chi connectivity index (χ1) is 9.15. The first-order valence-corrected chi connectivity index (χ1v) is 8.69. The normalized spacial score (nSPS) is 28.6. The molecule has 2 heterocycles. The summed E-state index contributed by atoms with van der Waals surface area (Å²) in [6, 6.07) is 8.28. The highest BCUT2D eigenvalue weighted by atomic mass is 79.9. The molecule has 3 unspecified atom stereocenters. The predicted octanol–water partition coefficient (Wildman–Crippen LogP) is 4.10. The largest absolute Gasteiger partial charge is 0.306 e. The zero-order chi connectivity index (χ0) is 13.4. The van der Waals surface area contributed by atoms with Crippen LogP contribution < -0.4 is 5.32 Å². The van der Waals surface area contributed by atoms with E-state index in [1.165, 1.54) is 42.4 Å². The summed E-state index contributed by atoms with van der Waals surface area (Å²) < 4.78 is 2.31. The molecule has 1 N–H and O–H groups in total. The molecule has 3 atom stereocenters. The van der Waals surface area contributed by atoms with E-state index in [4.69, 9.17) is 0 Å². The van der Waals surface area contributed by atoms with Crippen molar-refractivity contribution in [2.75, 3.05) is 13.1 Å². The van der Waals surface area contributed by atoms with Gasteiger partial charge in [0.25, 0.3) is 0 Å². The maximum atomic E-state index is 3.84. The van der Waals surface area contributed by atoms with Gasteiger partial charge in [-0.3, -0.25) is 4.90 Å². The molecular weight excluding hydrogens is 368 g/mol. The average molecular weight is 388 g/mol. The fourth-order valence-corrected chi connectivity index (χ4v) is 4.93. The molecule has 2 saturated heterocycles. The van der Waals surface area contributed by atoms with Crippen molar-refractivity contribution < 1.29 is 0 Å². The van der Waals surface area contributed by atoms with Gasteiger partial charge in [0.15, 0.2) is 0 Å². The Kier molecular flexibility index (Phi) is 4.32. The van der Waals surface area contributed by atoms with Crippen molar-refractivity contribution in [2.45, 2.75) is 44.3 Å². The molecule has 2 nitrogen and oxygen atoms in total. The van der Waals surface area contributed by atoms with Gasteiger partial charge in [-0.05, 0) is 50.4 Å². The Morgan fingerprint density at radius 2 is 2.11 bits per heavy atom. The van der Waals surface area contributed by atoms with E-state index >= 15 is 0 Å². The summed E-state index contributed by atoms with van der Waals surface area (Å²) in [5.41, 5.74) is 1.35. The van der Waals surface area contributed by atoms with Crippen LogP contribution in [0.15, 0.2) is 27.1 Å². The minimum Gasteiger partial charge on any atom is -0.306 e. The summed E-state index contributed by atoms with van der Waals surface area (Å²) in [4.78, 5) is 2.65. The van der Waals surface area contributed by atoms with Crippen LogP contribution in [0, 0.1) is 0 Å². The lowest BCUT2D eigenvalue weighted by molar-refractivity contribution is 0.291. The Balaban J connectivity index is 1.69. The second-order valence-electron chi connectivity index (χ2n) is 5.69. The van der Waals surface area contributed by atoms with Gasteiger partial charge in [0.2, 0.25) is 0 Å². The number of halogens is 2. The maximum absolute atomic E-state index is 3.84. The summed E-state index contributed by atoms with van der Waals surface area (Å²) in [5.74, 6) is 0. The molecule has 0 saturated carbocycles. The molecule has 4 heteroatoms. The van der Waals surface area contributed by atoms with Gasteiger partial charge in [-0.2, -0.15) is 0 Å². The van der Waals surface area contributed by atoms with Crippen LogP contribution in [0.3, 0.4) is 0 Å². The molecule has 1 aromatic rings. The van der Waals surface area contributed by atoms with Crippen LogP contribution in [0.25, 0.3) is 0 Å². The van der Waals surface area contributed by atoms with Crippen molar-refractivity contribution in [3.63, 3.8) is 0 Å². The lowest BCUT2D eigenvalue weighted by atomic mass is 10.0. The minimum absolute atomic E-state index is 0.396. The van der Waals surface area contributed by atoms with Crippen molar-refractivity contribution in [3.8, 4) is 0 Å².